The summed E-state index contributed by atoms with van der Waals surface area (Å²) in [6, 6.07) is 14.8. The van der Waals surface area contributed by atoms with Crippen molar-refractivity contribution < 1.29 is 19.1 Å². The van der Waals surface area contributed by atoms with Gasteiger partial charge in [-0.25, -0.2) is 0 Å². The molecule has 0 unspecified atom stereocenters. The summed E-state index contributed by atoms with van der Waals surface area (Å²) in [7, 11) is 0. The maximum absolute atomic E-state index is 12.4. The number of benzene rings is 2. The van der Waals surface area contributed by atoms with Gasteiger partial charge in [-0.1, -0.05) is 11.8 Å². The van der Waals surface area contributed by atoms with E-state index in [0.717, 1.165) is 36.2 Å². The molecule has 1 saturated heterocycles. The molecule has 8 nitrogen and oxygen atoms in total. The predicted octanol–water partition coefficient (Wildman–Crippen LogP) is 3.10. The number of amides is 2. The molecule has 3 heterocycles. The quantitative estimate of drug-likeness (QED) is 0.606. The zero-order chi connectivity index (χ0) is 22.6. The first-order chi connectivity index (χ1) is 16.2. The third-order valence-electron chi connectivity index (χ3n) is 5.56. The van der Waals surface area contributed by atoms with E-state index in [9.17, 15) is 9.59 Å². The molecule has 8 heteroatoms. The van der Waals surface area contributed by atoms with Crippen molar-refractivity contribution in [3.8, 4) is 34.6 Å². The standard InChI is InChI=1S/C25H22N4O4/c30-24-5-1-2-13-29(24)19-9-6-17(7-10-19)4-3-12-26-25(31)21-15-20(27-28-21)18-8-11-22-23(14-18)33-16-32-22/h6-11,14-15H,1-2,5,12-13,16H2,(H,26,31)(H,27,28). The number of anilines is 1. The molecular formula is C25H22N4O4. The Labute approximate surface area is 190 Å². The number of nitrogens with zero attached hydrogens (tertiary/aromatic N) is 2. The van der Waals surface area contributed by atoms with Gasteiger partial charge in [-0.2, -0.15) is 5.10 Å². The Bertz CT molecular complexity index is 1250. The van der Waals surface area contributed by atoms with E-state index in [-0.39, 0.29) is 25.2 Å². The number of hydrogen-bond acceptors (Lipinski definition) is 5. The summed E-state index contributed by atoms with van der Waals surface area (Å²) in [4.78, 5) is 26.3. The fourth-order valence-corrected chi connectivity index (χ4v) is 3.81. The molecular weight excluding hydrogens is 420 g/mol. The van der Waals surface area contributed by atoms with Crippen LogP contribution in [0.3, 0.4) is 0 Å². The number of carbonyl (C=O) groups is 2. The summed E-state index contributed by atoms with van der Waals surface area (Å²) in [5.74, 6) is 7.21. The van der Waals surface area contributed by atoms with Crippen molar-refractivity contribution in [2.45, 2.75) is 19.3 Å². The summed E-state index contributed by atoms with van der Waals surface area (Å²) in [6.07, 6.45) is 2.60. The summed E-state index contributed by atoms with van der Waals surface area (Å²) >= 11 is 0. The molecule has 33 heavy (non-hydrogen) atoms. The molecule has 0 radical (unpaired) electrons. The fourth-order valence-electron chi connectivity index (χ4n) is 3.81. The van der Waals surface area contributed by atoms with Crippen LogP contribution in [0.5, 0.6) is 11.5 Å². The number of fused-ring (bicyclic) bond motifs is 1. The Morgan fingerprint density at radius 3 is 2.79 bits per heavy atom. The first-order valence-corrected chi connectivity index (χ1v) is 10.8. The van der Waals surface area contributed by atoms with Crippen LogP contribution in [0, 0.1) is 11.8 Å². The zero-order valence-corrected chi connectivity index (χ0v) is 17.9. The van der Waals surface area contributed by atoms with E-state index >= 15 is 0 Å². The van der Waals surface area contributed by atoms with Gasteiger partial charge >= 0.3 is 0 Å². The number of nitrogens with one attached hydrogen (secondary N) is 2. The smallest absolute Gasteiger partial charge is 0.270 e. The van der Waals surface area contributed by atoms with Gasteiger partial charge in [-0.05, 0) is 61.4 Å². The van der Waals surface area contributed by atoms with E-state index in [1.807, 2.05) is 47.4 Å². The lowest BCUT2D eigenvalue weighted by Crippen LogP contribution is -2.35. The van der Waals surface area contributed by atoms with Crippen LogP contribution in [-0.4, -0.2) is 41.9 Å². The van der Waals surface area contributed by atoms with Gasteiger partial charge in [-0.15, -0.1) is 0 Å². The molecule has 2 aliphatic rings. The zero-order valence-electron chi connectivity index (χ0n) is 17.9. The van der Waals surface area contributed by atoms with Gasteiger partial charge in [0.05, 0.1) is 12.2 Å². The van der Waals surface area contributed by atoms with Gasteiger partial charge in [0, 0.05) is 29.8 Å². The Hall–Kier alpha value is -4.25. The molecule has 2 aromatic carbocycles. The van der Waals surface area contributed by atoms with Crippen LogP contribution in [0.4, 0.5) is 5.69 Å². The summed E-state index contributed by atoms with van der Waals surface area (Å²) < 4.78 is 10.7. The van der Waals surface area contributed by atoms with E-state index in [2.05, 4.69) is 27.4 Å². The van der Waals surface area contributed by atoms with Crippen LogP contribution >= 0.6 is 0 Å². The molecule has 0 bridgehead atoms. The number of aromatic nitrogens is 2. The summed E-state index contributed by atoms with van der Waals surface area (Å²) in [5, 5.41) is 9.73. The SMILES string of the molecule is O=C(NCC#Cc1ccc(N2CCCCC2=O)cc1)c1cc(-c2ccc3c(c2)OCO3)n[nH]1. The summed E-state index contributed by atoms with van der Waals surface area (Å²) in [6.45, 7) is 1.17. The highest BCUT2D eigenvalue weighted by Crippen LogP contribution is 2.35. The predicted molar refractivity (Wildman–Crippen MR) is 122 cm³/mol. The van der Waals surface area contributed by atoms with Crippen molar-refractivity contribution >= 4 is 17.5 Å². The lowest BCUT2D eigenvalue weighted by molar-refractivity contribution is -0.119. The maximum Gasteiger partial charge on any atom is 0.270 e. The van der Waals surface area contributed by atoms with Gasteiger partial charge in [0.15, 0.2) is 11.5 Å². The highest BCUT2D eigenvalue weighted by molar-refractivity contribution is 5.94. The van der Waals surface area contributed by atoms with E-state index in [0.29, 0.717) is 29.3 Å². The largest absolute Gasteiger partial charge is 0.454 e. The molecule has 0 aliphatic carbocycles. The molecule has 166 valence electrons. The average Bonchev–Trinajstić information content (AvgIpc) is 3.52. The van der Waals surface area contributed by atoms with E-state index in [1.54, 1.807) is 6.07 Å². The van der Waals surface area contributed by atoms with Gasteiger partial charge in [-0.3, -0.25) is 14.7 Å². The molecule has 5 rings (SSSR count). The Balaban J connectivity index is 1.16. The number of piperidine rings is 1. The number of rotatable bonds is 4. The van der Waals surface area contributed by atoms with E-state index in [4.69, 9.17) is 9.47 Å². The maximum atomic E-state index is 12.4. The van der Waals surface area contributed by atoms with Crippen LogP contribution < -0.4 is 19.7 Å². The normalized spacial score (nSPS) is 14.5. The highest BCUT2D eigenvalue weighted by Gasteiger charge is 2.19. The van der Waals surface area contributed by atoms with Gasteiger partial charge in [0.25, 0.3) is 5.91 Å². The lowest BCUT2D eigenvalue weighted by atomic mass is 10.1. The Morgan fingerprint density at radius 2 is 1.94 bits per heavy atom. The fraction of sp³-hybridized carbons (Fsp3) is 0.240. The first-order valence-electron chi connectivity index (χ1n) is 10.8. The number of H-pyrrole nitrogens is 1. The topological polar surface area (TPSA) is 96.6 Å². The van der Waals surface area contributed by atoms with Crippen molar-refractivity contribution in [2.24, 2.45) is 0 Å². The minimum Gasteiger partial charge on any atom is -0.454 e. The average molecular weight is 442 g/mol. The van der Waals surface area contributed by atoms with Crippen LogP contribution in [-0.2, 0) is 4.79 Å². The molecule has 1 aromatic heterocycles. The van der Waals surface area contributed by atoms with Crippen molar-refractivity contribution in [3.05, 3.63) is 59.8 Å². The molecule has 2 aliphatic heterocycles. The van der Waals surface area contributed by atoms with Crippen LogP contribution in [0.15, 0.2) is 48.5 Å². The molecule has 3 aromatic rings. The first kappa shape index (κ1) is 20.6. The monoisotopic (exact) mass is 442 g/mol. The second-order valence-corrected chi connectivity index (χ2v) is 7.77. The van der Waals surface area contributed by atoms with E-state index in [1.165, 1.54) is 0 Å². The van der Waals surface area contributed by atoms with Gasteiger partial charge in [0.2, 0.25) is 12.7 Å². The minimum absolute atomic E-state index is 0.170. The van der Waals surface area contributed by atoms with Crippen molar-refractivity contribution in [3.63, 3.8) is 0 Å². The van der Waals surface area contributed by atoms with Gasteiger partial charge in [0.1, 0.15) is 5.69 Å². The van der Waals surface area contributed by atoms with E-state index < -0.39 is 0 Å². The second kappa shape index (κ2) is 9.09. The number of ether oxygens (including phenoxy) is 2. The van der Waals surface area contributed by atoms with Crippen molar-refractivity contribution in [2.75, 3.05) is 24.8 Å². The summed E-state index contributed by atoms with van der Waals surface area (Å²) in [5.41, 5.74) is 3.53. The third-order valence-corrected chi connectivity index (χ3v) is 5.56. The molecule has 2 amide bonds. The lowest BCUT2D eigenvalue weighted by Gasteiger charge is -2.26. The third kappa shape index (κ3) is 4.53. The Kier molecular flexibility index (Phi) is 5.68. The Morgan fingerprint density at radius 1 is 1.09 bits per heavy atom. The van der Waals surface area contributed by atoms with Crippen molar-refractivity contribution in [1.82, 2.24) is 15.5 Å². The highest BCUT2D eigenvalue weighted by atomic mass is 16.7. The number of hydrogen-bond donors (Lipinski definition) is 2. The molecule has 0 spiro atoms. The second-order valence-electron chi connectivity index (χ2n) is 7.77. The van der Waals surface area contributed by atoms with Crippen molar-refractivity contribution in [1.29, 1.82) is 0 Å². The molecule has 2 N–H and O–H groups in total. The van der Waals surface area contributed by atoms with Crippen LogP contribution in [0.25, 0.3) is 11.3 Å². The number of aromatic amines is 1. The van der Waals surface area contributed by atoms with Crippen LogP contribution in [0.2, 0.25) is 0 Å². The molecule has 0 atom stereocenters. The molecule has 1 fully saturated rings. The van der Waals surface area contributed by atoms with Crippen LogP contribution in [0.1, 0.15) is 35.3 Å². The minimum atomic E-state index is -0.289. The van der Waals surface area contributed by atoms with Gasteiger partial charge < -0.3 is 19.7 Å². The molecule has 0 saturated carbocycles. The number of carbonyl (C=O) groups excluding carboxylic acids is 2.